The van der Waals surface area contributed by atoms with Crippen LogP contribution >= 0.6 is 11.8 Å². The molecule has 0 saturated heterocycles. The van der Waals surface area contributed by atoms with E-state index in [-0.39, 0.29) is 5.56 Å². The number of fused-ring (bicyclic) bond motifs is 1. The van der Waals surface area contributed by atoms with E-state index in [1.165, 1.54) is 11.8 Å². The number of thioether (sulfide) groups is 1. The minimum Gasteiger partial charge on any atom is -0.497 e. The lowest BCUT2D eigenvalue weighted by atomic mass is 10.2. The van der Waals surface area contributed by atoms with Gasteiger partial charge < -0.3 is 9.15 Å². The Morgan fingerprint density at radius 2 is 1.81 bits per heavy atom. The average Bonchev–Trinajstić information content (AvgIpc) is 3.32. The molecule has 0 spiro atoms. The summed E-state index contributed by atoms with van der Waals surface area (Å²) in [5.41, 5.74) is 2.13. The SMILES string of the molecule is COc1cccc(-n2c(SCc3cnc(-c4ccccc4)o3)nc3ccccc3c2=O)c1. The van der Waals surface area contributed by atoms with E-state index >= 15 is 0 Å². The molecule has 0 saturated carbocycles. The summed E-state index contributed by atoms with van der Waals surface area (Å²) in [5.74, 6) is 2.42. The van der Waals surface area contributed by atoms with E-state index in [0.29, 0.717) is 44.9 Å². The highest BCUT2D eigenvalue weighted by atomic mass is 32.2. The van der Waals surface area contributed by atoms with Gasteiger partial charge in [-0.05, 0) is 36.4 Å². The molecular weight excluding hydrogens is 422 g/mol. The zero-order valence-corrected chi connectivity index (χ0v) is 18.1. The van der Waals surface area contributed by atoms with Crippen molar-refractivity contribution in [1.29, 1.82) is 0 Å². The van der Waals surface area contributed by atoms with E-state index in [0.717, 1.165) is 5.56 Å². The summed E-state index contributed by atoms with van der Waals surface area (Å²) in [4.78, 5) is 22.5. The molecule has 0 radical (unpaired) electrons. The Morgan fingerprint density at radius 1 is 1.00 bits per heavy atom. The van der Waals surface area contributed by atoms with E-state index in [1.54, 1.807) is 23.9 Å². The summed E-state index contributed by atoms with van der Waals surface area (Å²) in [6, 6.07) is 24.5. The Labute approximate surface area is 188 Å². The maximum atomic E-state index is 13.4. The van der Waals surface area contributed by atoms with Crippen molar-refractivity contribution in [3.05, 3.63) is 101 Å². The van der Waals surface area contributed by atoms with Crippen LogP contribution in [-0.4, -0.2) is 21.6 Å². The lowest BCUT2D eigenvalue weighted by Gasteiger charge is -2.13. The minimum atomic E-state index is -0.131. The lowest BCUT2D eigenvalue weighted by molar-refractivity contribution is 0.414. The van der Waals surface area contributed by atoms with Crippen molar-refractivity contribution in [3.63, 3.8) is 0 Å². The van der Waals surface area contributed by atoms with Gasteiger partial charge in [0.2, 0.25) is 5.89 Å². The van der Waals surface area contributed by atoms with E-state index in [1.807, 2.05) is 72.8 Å². The van der Waals surface area contributed by atoms with E-state index in [4.69, 9.17) is 14.1 Å². The second kappa shape index (κ2) is 8.72. The van der Waals surface area contributed by atoms with Gasteiger partial charge in [0.15, 0.2) is 5.16 Å². The molecule has 0 aliphatic carbocycles. The number of hydrogen-bond donors (Lipinski definition) is 0. The average molecular weight is 442 g/mol. The van der Waals surface area contributed by atoms with Crippen LogP contribution in [0.4, 0.5) is 0 Å². The molecule has 0 amide bonds. The van der Waals surface area contributed by atoms with Crippen molar-refractivity contribution in [2.45, 2.75) is 10.9 Å². The van der Waals surface area contributed by atoms with Gasteiger partial charge in [0.1, 0.15) is 11.5 Å². The van der Waals surface area contributed by atoms with E-state index in [2.05, 4.69) is 4.98 Å². The molecule has 3 aromatic carbocycles. The first-order chi connectivity index (χ1) is 15.7. The van der Waals surface area contributed by atoms with Crippen molar-refractivity contribution in [1.82, 2.24) is 14.5 Å². The van der Waals surface area contributed by atoms with Gasteiger partial charge in [0.25, 0.3) is 5.56 Å². The van der Waals surface area contributed by atoms with Crippen LogP contribution in [-0.2, 0) is 5.75 Å². The van der Waals surface area contributed by atoms with Crippen LogP contribution in [0.1, 0.15) is 5.76 Å². The molecule has 0 fully saturated rings. The third kappa shape index (κ3) is 3.90. The van der Waals surface area contributed by atoms with Crippen LogP contribution in [0.5, 0.6) is 5.75 Å². The molecule has 6 nitrogen and oxygen atoms in total. The Morgan fingerprint density at radius 3 is 2.66 bits per heavy atom. The summed E-state index contributed by atoms with van der Waals surface area (Å²) in [7, 11) is 1.60. The Kier molecular flexibility index (Phi) is 5.47. The highest BCUT2D eigenvalue weighted by Crippen LogP contribution is 2.27. The highest BCUT2D eigenvalue weighted by molar-refractivity contribution is 7.98. The summed E-state index contributed by atoms with van der Waals surface area (Å²) in [6.45, 7) is 0. The number of hydrogen-bond acceptors (Lipinski definition) is 6. The second-order valence-electron chi connectivity index (χ2n) is 7.04. The van der Waals surface area contributed by atoms with Crippen LogP contribution in [0.25, 0.3) is 28.0 Å². The molecule has 0 atom stereocenters. The number of para-hydroxylation sites is 1. The fourth-order valence-electron chi connectivity index (χ4n) is 3.41. The molecule has 0 bridgehead atoms. The van der Waals surface area contributed by atoms with E-state index < -0.39 is 0 Å². The zero-order chi connectivity index (χ0) is 21.9. The molecule has 0 unspecified atom stereocenters. The third-order valence-electron chi connectivity index (χ3n) is 4.97. The molecule has 2 heterocycles. The monoisotopic (exact) mass is 441 g/mol. The van der Waals surface area contributed by atoms with Crippen molar-refractivity contribution in [3.8, 4) is 22.9 Å². The van der Waals surface area contributed by atoms with Crippen molar-refractivity contribution >= 4 is 22.7 Å². The minimum absolute atomic E-state index is 0.131. The maximum Gasteiger partial charge on any atom is 0.266 e. The van der Waals surface area contributed by atoms with Crippen molar-refractivity contribution < 1.29 is 9.15 Å². The van der Waals surface area contributed by atoms with Crippen LogP contribution in [0.2, 0.25) is 0 Å². The number of ether oxygens (including phenoxy) is 1. The number of nitrogens with zero attached hydrogens (tertiary/aromatic N) is 3. The van der Waals surface area contributed by atoms with Crippen LogP contribution in [0.15, 0.2) is 99.4 Å². The third-order valence-corrected chi connectivity index (χ3v) is 5.94. The first-order valence-corrected chi connectivity index (χ1v) is 11.0. The maximum absolute atomic E-state index is 13.4. The molecule has 5 rings (SSSR count). The van der Waals surface area contributed by atoms with Crippen molar-refractivity contribution in [2.75, 3.05) is 7.11 Å². The van der Waals surface area contributed by atoms with Crippen molar-refractivity contribution in [2.24, 2.45) is 0 Å². The Bertz CT molecular complexity index is 1440. The van der Waals surface area contributed by atoms with Gasteiger partial charge in [0, 0.05) is 11.6 Å². The number of rotatable bonds is 6. The second-order valence-corrected chi connectivity index (χ2v) is 7.98. The fourth-order valence-corrected chi connectivity index (χ4v) is 4.30. The van der Waals surface area contributed by atoms with Crippen LogP contribution < -0.4 is 10.3 Å². The first-order valence-electron chi connectivity index (χ1n) is 10.0. The van der Waals surface area contributed by atoms with Gasteiger partial charge in [-0.15, -0.1) is 0 Å². The fraction of sp³-hybridized carbons (Fsp3) is 0.0800. The number of benzene rings is 3. The largest absolute Gasteiger partial charge is 0.497 e. The molecule has 0 aliphatic heterocycles. The van der Waals surface area contributed by atoms with Crippen LogP contribution in [0.3, 0.4) is 0 Å². The Balaban J connectivity index is 1.53. The first kappa shape index (κ1) is 20.1. The molecule has 32 heavy (non-hydrogen) atoms. The molecule has 5 aromatic rings. The summed E-state index contributed by atoms with van der Waals surface area (Å²) in [6.07, 6.45) is 1.71. The quantitative estimate of drug-likeness (QED) is 0.262. The van der Waals surface area contributed by atoms with Gasteiger partial charge in [-0.25, -0.2) is 9.97 Å². The summed E-state index contributed by atoms with van der Waals surface area (Å²) in [5, 5.41) is 1.13. The Hall–Kier alpha value is -3.84. The van der Waals surface area contributed by atoms with Gasteiger partial charge in [0.05, 0.1) is 35.6 Å². The molecule has 158 valence electrons. The summed E-state index contributed by atoms with van der Waals surface area (Å²) < 4.78 is 12.9. The summed E-state index contributed by atoms with van der Waals surface area (Å²) >= 11 is 1.42. The lowest BCUT2D eigenvalue weighted by Crippen LogP contribution is -2.21. The number of aromatic nitrogens is 3. The predicted octanol–water partition coefficient (Wildman–Crippen LogP) is 5.34. The molecule has 0 aliphatic rings. The molecule has 7 heteroatoms. The van der Waals surface area contributed by atoms with Gasteiger partial charge in [-0.1, -0.05) is 48.2 Å². The standard InChI is InChI=1S/C25H19N3O3S/c1-30-19-11-7-10-18(14-19)28-24(29)21-12-5-6-13-22(21)27-25(28)32-16-20-15-26-23(31-20)17-8-3-2-4-9-17/h2-15H,16H2,1H3. The van der Waals surface area contributed by atoms with E-state index in [9.17, 15) is 4.79 Å². The zero-order valence-electron chi connectivity index (χ0n) is 17.3. The van der Waals surface area contributed by atoms with Crippen LogP contribution in [0, 0.1) is 0 Å². The molecular formula is C25H19N3O3S. The van der Waals surface area contributed by atoms with Gasteiger partial charge in [-0.2, -0.15) is 0 Å². The normalized spacial score (nSPS) is 11.0. The molecule has 2 aromatic heterocycles. The number of methoxy groups -OCH3 is 1. The predicted molar refractivity (Wildman–Crippen MR) is 125 cm³/mol. The van der Waals surface area contributed by atoms with Gasteiger partial charge >= 0.3 is 0 Å². The molecule has 0 N–H and O–H groups in total. The van der Waals surface area contributed by atoms with Gasteiger partial charge in [-0.3, -0.25) is 9.36 Å². The topological polar surface area (TPSA) is 70.2 Å². The highest BCUT2D eigenvalue weighted by Gasteiger charge is 2.15. The smallest absolute Gasteiger partial charge is 0.266 e. The number of oxazole rings is 1.